The predicted octanol–water partition coefficient (Wildman–Crippen LogP) is 2.60. The summed E-state index contributed by atoms with van der Waals surface area (Å²) >= 11 is 5.84. The Bertz CT molecular complexity index is 405. The Hall–Kier alpha value is -1.26. The lowest BCUT2D eigenvalue weighted by atomic mass is 10.1. The molecule has 1 atom stereocenters. The van der Waals surface area contributed by atoms with Crippen LogP contribution in [0, 0.1) is 0 Å². The first kappa shape index (κ1) is 13.2. The van der Waals surface area contributed by atoms with Crippen LogP contribution in [0.3, 0.4) is 0 Å². The van der Waals surface area contributed by atoms with Crippen LogP contribution in [0.25, 0.3) is 0 Å². The third-order valence-electron chi connectivity index (χ3n) is 3.02. The number of rotatable bonds is 4. The lowest BCUT2D eigenvalue weighted by Crippen LogP contribution is -2.33. The van der Waals surface area contributed by atoms with Gasteiger partial charge in [-0.3, -0.25) is 0 Å². The molecular weight excluding hydrogens is 250 g/mol. The minimum Gasteiger partial charge on any atom is -0.338 e. The first-order chi connectivity index (χ1) is 8.74. The number of urea groups is 1. The van der Waals surface area contributed by atoms with Crippen LogP contribution in [-0.2, 0) is 0 Å². The first-order valence-electron chi connectivity index (χ1n) is 6.28. The molecule has 0 aromatic heterocycles. The number of amides is 2. The van der Waals surface area contributed by atoms with Crippen LogP contribution < -0.4 is 16.0 Å². The average molecular weight is 268 g/mol. The predicted molar refractivity (Wildman–Crippen MR) is 74.1 cm³/mol. The molecule has 18 heavy (non-hydrogen) atoms. The lowest BCUT2D eigenvalue weighted by molar-refractivity contribution is 0.251. The Kier molecular flexibility index (Phi) is 4.84. The van der Waals surface area contributed by atoms with E-state index in [1.807, 2.05) is 6.07 Å². The largest absolute Gasteiger partial charge is 0.338 e. The van der Waals surface area contributed by atoms with E-state index in [9.17, 15) is 4.79 Å². The van der Waals surface area contributed by atoms with Crippen molar-refractivity contribution in [2.75, 3.05) is 18.4 Å². The van der Waals surface area contributed by atoms with E-state index in [0.29, 0.717) is 23.3 Å². The number of benzene rings is 1. The van der Waals surface area contributed by atoms with E-state index in [0.717, 1.165) is 13.0 Å². The summed E-state index contributed by atoms with van der Waals surface area (Å²) in [5.74, 6) is 0. The second-order valence-corrected chi connectivity index (χ2v) is 4.91. The van der Waals surface area contributed by atoms with Crippen molar-refractivity contribution >= 4 is 23.3 Å². The number of halogens is 1. The maximum atomic E-state index is 11.6. The van der Waals surface area contributed by atoms with Gasteiger partial charge in [0.2, 0.25) is 0 Å². The second-order valence-electron chi connectivity index (χ2n) is 4.47. The van der Waals surface area contributed by atoms with E-state index in [4.69, 9.17) is 11.6 Å². The Morgan fingerprint density at radius 1 is 1.50 bits per heavy atom. The third kappa shape index (κ3) is 4.20. The van der Waals surface area contributed by atoms with E-state index in [-0.39, 0.29) is 6.03 Å². The number of carbonyl (C=O) groups excluding carboxylic acids is 1. The zero-order valence-corrected chi connectivity index (χ0v) is 11.0. The molecule has 1 fully saturated rings. The molecule has 0 saturated carbocycles. The van der Waals surface area contributed by atoms with Crippen LogP contribution in [0.4, 0.5) is 10.5 Å². The van der Waals surface area contributed by atoms with Gasteiger partial charge < -0.3 is 16.0 Å². The smallest absolute Gasteiger partial charge is 0.319 e. The Morgan fingerprint density at radius 3 is 3.11 bits per heavy atom. The molecule has 1 heterocycles. The fourth-order valence-corrected chi connectivity index (χ4v) is 2.29. The van der Waals surface area contributed by atoms with Gasteiger partial charge in [-0.2, -0.15) is 0 Å². The summed E-state index contributed by atoms with van der Waals surface area (Å²) in [6, 6.07) is 7.48. The summed E-state index contributed by atoms with van der Waals surface area (Å²) in [6.45, 7) is 1.78. The molecule has 1 unspecified atom stereocenters. The standard InChI is InChI=1S/C13H18ClN3O/c14-10-3-1-4-12(9-10)17-13(18)16-8-6-11-5-2-7-15-11/h1,3-4,9,11,15H,2,5-8H2,(H2,16,17,18). The molecule has 1 aliphatic heterocycles. The van der Waals surface area contributed by atoms with E-state index in [1.54, 1.807) is 18.2 Å². The second kappa shape index (κ2) is 6.61. The molecule has 2 amide bonds. The maximum Gasteiger partial charge on any atom is 0.319 e. The number of nitrogens with one attached hydrogen (secondary N) is 3. The summed E-state index contributed by atoms with van der Waals surface area (Å²) in [5.41, 5.74) is 0.707. The van der Waals surface area contributed by atoms with E-state index in [2.05, 4.69) is 16.0 Å². The minimum absolute atomic E-state index is 0.185. The fraction of sp³-hybridized carbons (Fsp3) is 0.462. The van der Waals surface area contributed by atoms with Crippen molar-refractivity contribution in [1.82, 2.24) is 10.6 Å². The van der Waals surface area contributed by atoms with Gasteiger partial charge >= 0.3 is 6.03 Å². The molecule has 3 N–H and O–H groups in total. The van der Waals surface area contributed by atoms with Gasteiger partial charge in [-0.1, -0.05) is 17.7 Å². The topological polar surface area (TPSA) is 53.2 Å². The Balaban J connectivity index is 1.68. The highest BCUT2D eigenvalue weighted by atomic mass is 35.5. The molecule has 0 radical (unpaired) electrons. The van der Waals surface area contributed by atoms with Gasteiger partial charge in [0.05, 0.1) is 0 Å². The first-order valence-corrected chi connectivity index (χ1v) is 6.65. The molecule has 2 rings (SSSR count). The molecule has 1 aromatic rings. The van der Waals surface area contributed by atoms with Gasteiger partial charge in [0.25, 0.3) is 0 Å². The van der Waals surface area contributed by atoms with E-state index in [1.165, 1.54) is 12.8 Å². The van der Waals surface area contributed by atoms with Crippen molar-refractivity contribution in [2.24, 2.45) is 0 Å². The van der Waals surface area contributed by atoms with Crippen molar-refractivity contribution in [3.05, 3.63) is 29.3 Å². The fourth-order valence-electron chi connectivity index (χ4n) is 2.10. The number of carbonyl (C=O) groups is 1. The van der Waals surface area contributed by atoms with E-state index < -0.39 is 0 Å². The summed E-state index contributed by atoms with van der Waals surface area (Å²) in [7, 11) is 0. The highest BCUT2D eigenvalue weighted by Crippen LogP contribution is 2.14. The van der Waals surface area contributed by atoms with Crippen molar-refractivity contribution in [2.45, 2.75) is 25.3 Å². The SMILES string of the molecule is O=C(NCCC1CCCN1)Nc1cccc(Cl)c1. The van der Waals surface area contributed by atoms with Gasteiger partial charge in [-0.25, -0.2) is 4.79 Å². The van der Waals surface area contributed by atoms with Crippen molar-refractivity contribution < 1.29 is 4.79 Å². The van der Waals surface area contributed by atoms with Gasteiger partial charge in [0.1, 0.15) is 0 Å². The van der Waals surface area contributed by atoms with Crippen LogP contribution in [0.1, 0.15) is 19.3 Å². The highest BCUT2D eigenvalue weighted by molar-refractivity contribution is 6.30. The van der Waals surface area contributed by atoms with Crippen LogP contribution >= 0.6 is 11.6 Å². The highest BCUT2D eigenvalue weighted by Gasteiger charge is 2.13. The molecule has 0 aliphatic carbocycles. The maximum absolute atomic E-state index is 11.6. The zero-order valence-electron chi connectivity index (χ0n) is 10.2. The third-order valence-corrected chi connectivity index (χ3v) is 3.26. The lowest BCUT2D eigenvalue weighted by Gasteiger charge is -2.11. The Morgan fingerprint density at radius 2 is 2.39 bits per heavy atom. The van der Waals surface area contributed by atoms with Crippen molar-refractivity contribution in [3.8, 4) is 0 Å². The molecule has 1 aliphatic rings. The molecule has 98 valence electrons. The van der Waals surface area contributed by atoms with Gasteiger partial charge in [0.15, 0.2) is 0 Å². The zero-order chi connectivity index (χ0) is 12.8. The average Bonchev–Trinajstić information content (AvgIpc) is 2.82. The molecule has 1 saturated heterocycles. The molecule has 0 spiro atoms. The minimum atomic E-state index is -0.185. The van der Waals surface area contributed by atoms with Crippen LogP contribution in [0.2, 0.25) is 5.02 Å². The van der Waals surface area contributed by atoms with Crippen LogP contribution in [-0.4, -0.2) is 25.2 Å². The van der Waals surface area contributed by atoms with E-state index >= 15 is 0 Å². The number of hydrogen-bond donors (Lipinski definition) is 3. The summed E-state index contributed by atoms with van der Waals surface area (Å²) in [4.78, 5) is 11.6. The molecule has 4 nitrogen and oxygen atoms in total. The summed E-state index contributed by atoms with van der Waals surface area (Å²) < 4.78 is 0. The summed E-state index contributed by atoms with van der Waals surface area (Å²) in [6.07, 6.45) is 3.42. The summed E-state index contributed by atoms with van der Waals surface area (Å²) in [5, 5.41) is 9.61. The monoisotopic (exact) mass is 267 g/mol. The number of hydrogen-bond acceptors (Lipinski definition) is 2. The molecule has 1 aromatic carbocycles. The van der Waals surface area contributed by atoms with Gasteiger partial charge in [-0.15, -0.1) is 0 Å². The van der Waals surface area contributed by atoms with Crippen LogP contribution in [0.15, 0.2) is 24.3 Å². The quantitative estimate of drug-likeness (QED) is 0.785. The van der Waals surface area contributed by atoms with Crippen molar-refractivity contribution in [1.29, 1.82) is 0 Å². The van der Waals surface area contributed by atoms with Gasteiger partial charge in [0, 0.05) is 23.3 Å². The van der Waals surface area contributed by atoms with Crippen molar-refractivity contribution in [3.63, 3.8) is 0 Å². The number of anilines is 1. The Labute approximate surface area is 112 Å². The molecule has 5 heteroatoms. The van der Waals surface area contributed by atoms with Crippen LogP contribution in [0.5, 0.6) is 0 Å². The molecular formula is C13H18ClN3O. The molecule has 0 bridgehead atoms. The normalized spacial score (nSPS) is 18.6. The van der Waals surface area contributed by atoms with Gasteiger partial charge in [-0.05, 0) is 44.0 Å².